The molecule has 4 aromatic carbocycles. The normalized spacial score (nSPS) is 16.7. The van der Waals surface area contributed by atoms with Crippen molar-refractivity contribution in [2.45, 2.75) is 89.8 Å². The van der Waals surface area contributed by atoms with Gasteiger partial charge in [-0.2, -0.15) is 4.31 Å². The minimum atomic E-state index is -4.01. The van der Waals surface area contributed by atoms with Crippen LogP contribution in [0.5, 0.6) is 11.5 Å². The molecule has 2 aliphatic rings. The van der Waals surface area contributed by atoms with Crippen molar-refractivity contribution in [2.24, 2.45) is 12.0 Å². The molecule has 0 saturated carbocycles. The Morgan fingerprint density at radius 2 is 1.78 bits per heavy atom. The average molecular weight is 1030 g/mol. The van der Waals surface area contributed by atoms with Crippen molar-refractivity contribution in [2.75, 3.05) is 33.4 Å². The number of benzene rings is 4. The summed E-state index contributed by atoms with van der Waals surface area (Å²) >= 11 is 7.91. The van der Waals surface area contributed by atoms with Crippen LogP contribution in [0.3, 0.4) is 0 Å². The Labute approximate surface area is 426 Å². The number of methoxy groups -OCH3 is 1. The number of hydrogen-bond donors (Lipinski definition) is 2. The SMILES string of the molecule is COc1cc([C@@H](CC(=O)O)c2ccc(C)c(CN3C[C@@H](C)Oc4cc(CCCOCCNC(=O)C[C@@H]5N=C(c6ccc(Cl)cc6)c6c(sc(C)c6C)-n6c(C)nnc65)ccc4S3(=O)=O)c2)cc2nnn(C)c12. The first kappa shape index (κ1) is 50.4. The Hall–Kier alpha value is -6.51. The lowest BCUT2D eigenvalue weighted by molar-refractivity contribution is -0.137. The molecule has 2 aliphatic heterocycles. The number of carbonyl (C=O) groups excluding carboxylic acids is 1. The highest BCUT2D eigenvalue weighted by Gasteiger charge is 2.35. The van der Waals surface area contributed by atoms with E-state index in [1.165, 1.54) is 4.31 Å². The second-order valence-electron chi connectivity index (χ2n) is 18.3. The number of carboxylic acids is 1. The number of aromatic nitrogens is 6. The Bertz CT molecular complexity index is 3350. The number of fused-ring (bicyclic) bond motifs is 5. The van der Waals surface area contributed by atoms with E-state index in [2.05, 4.69) is 39.7 Å². The van der Waals surface area contributed by atoms with Gasteiger partial charge in [0.15, 0.2) is 5.82 Å². The van der Waals surface area contributed by atoms with E-state index in [0.29, 0.717) is 77.1 Å². The van der Waals surface area contributed by atoms with Crippen molar-refractivity contribution >= 4 is 61.6 Å². The highest BCUT2D eigenvalue weighted by atomic mass is 35.5. The van der Waals surface area contributed by atoms with E-state index in [9.17, 15) is 23.1 Å². The Kier molecular flexibility index (Phi) is 14.6. The van der Waals surface area contributed by atoms with Crippen LogP contribution in [0, 0.1) is 27.7 Å². The third-order valence-electron chi connectivity index (χ3n) is 13.3. The molecule has 3 aromatic heterocycles. The molecule has 9 rings (SSSR count). The predicted molar refractivity (Wildman–Crippen MR) is 275 cm³/mol. The zero-order valence-electron chi connectivity index (χ0n) is 41.1. The molecule has 7 aromatic rings. The Morgan fingerprint density at radius 3 is 2.54 bits per heavy atom. The topological polar surface area (TPSA) is 205 Å². The summed E-state index contributed by atoms with van der Waals surface area (Å²) in [5.41, 5.74) is 8.96. The molecule has 17 nitrogen and oxygen atoms in total. The molecule has 0 radical (unpaired) electrons. The van der Waals surface area contributed by atoms with Crippen molar-refractivity contribution in [3.63, 3.8) is 0 Å². The molecule has 1 amide bonds. The summed E-state index contributed by atoms with van der Waals surface area (Å²) < 4.78 is 51.7. The van der Waals surface area contributed by atoms with Crippen LogP contribution in [-0.4, -0.2) is 105 Å². The summed E-state index contributed by atoms with van der Waals surface area (Å²) in [6.45, 7) is 11.0. The second kappa shape index (κ2) is 20.9. The fourth-order valence-electron chi connectivity index (χ4n) is 9.47. The van der Waals surface area contributed by atoms with Crippen LogP contribution in [-0.2, 0) is 44.4 Å². The molecular formula is C52H56ClN9O8S2. The predicted octanol–water partition coefficient (Wildman–Crippen LogP) is 8.13. The van der Waals surface area contributed by atoms with Crippen LogP contribution in [0.1, 0.15) is 99.2 Å². The van der Waals surface area contributed by atoms with E-state index in [1.54, 1.807) is 48.4 Å². The van der Waals surface area contributed by atoms with E-state index in [4.69, 9.17) is 30.8 Å². The number of amides is 1. The van der Waals surface area contributed by atoms with Crippen LogP contribution < -0.4 is 14.8 Å². The summed E-state index contributed by atoms with van der Waals surface area (Å²) in [7, 11) is -0.712. The van der Waals surface area contributed by atoms with Gasteiger partial charge in [-0.15, -0.1) is 26.6 Å². The molecule has 20 heteroatoms. The summed E-state index contributed by atoms with van der Waals surface area (Å²) in [5, 5.41) is 31.9. The van der Waals surface area contributed by atoms with Crippen molar-refractivity contribution in [3.8, 4) is 16.5 Å². The van der Waals surface area contributed by atoms with Crippen molar-refractivity contribution in [3.05, 3.63) is 139 Å². The highest BCUT2D eigenvalue weighted by Crippen LogP contribution is 2.41. The van der Waals surface area contributed by atoms with Gasteiger partial charge in [-0.25, -0.2) is 13.1 Å². The summed E-state index contributed by atoms with van der Waals surface area (Å²) in [5.74, 6) is 0.378. The monoisotopic (exact) mass is 1030 g/mol. The first-order valence-corrected chi connectivity index (χ1v) is 26.3. The second-order valence-corrected chi connectivity index (χ2v) is 21.9. The maximum Gasteiger partial charge on any atom is 0.304 e. The van der Waals surface area contributed by atoms with Crippen molar-refractivity contribution < 1.29 is 37.3 Å². The zero-order valence-corrected chi connectivity index (χ0v) is 43.5. The van der Waals surface area contributed by atoms with Crippen LogP contribution in [0.15, 0.2) is 82.7 Å². The number of carbonyl (C=O) groups is 2. The third kappa shape index (κ3) is 10.3. The molecule has 72 heavy (non-hydrogen) atoms. The number of hydrogen-bond acceptors (Lipinski definition) is 13. The van der Waals surface area contributed by atoms with E-state index in [1.807, 2.05) is 79.9 Å². The van der Waals surface area contributed by atoms with Crippen LogP contribution >= 0.6 is 22.9 Å². The molecule has 0 saturated heterocycles. The molecule has 5 heterocycles. The number of sulfonamides is 1. The van der Waals surface area contributed by atoms with Gasteiger partial charge in [0.25, 0.3) is 0 Å². The molecule has 0 bridgehead atoms. The molecule has 0 fully saturated rings. The van der Waals surface area contributed by atoms with E-state index in [-0.39, 0.29) is 36.7 Å². The largest absolute Gasteiger partial charge is 0.494 e. The number of nitrogens with one attached hydrogen (secondary N) is 1. The lowest BCUT2D eigenvalue weighted by Crippen LogP contribution is -2.35. The molecule has 0 spiro atoms. The number of aliphatic carboxylic acids is 1. The molecule has 2 N–H and O–H groups in total. The smallest absolute Gasteiger partial charge is 0.304 e. The van der Waals surface area contributed by atoms with Gasteiger partial charge in [0.1, 0.15) is 50.4 Å². The van der Waals surface area contributed by atoms with Gasteiger partial charge in [-0.3, -0.25) is 19.1 Å². The van der Waals surface area contributed by atoms with E-state index >= 15 is 0 Å². The van der Waals surface area contributed by atoms with Crippen LogP contribution in [0.4, 0.5) is 0 Å². The molecular weight excluding hydrogens is 978 g/mol. The number of ether oxygens (including phenoxy) is 3. The maximum absolute atomic E-state index is 14.4. The van der Waals surface area contributed by atoms with Gasteiger partial charge in [-0.05, 0) is 117 Å². The molecule has 0 aliphatic carbocycles. The minimum Gasteiger partial charge on any atom is -0.494 e. The number of nitrogens with zero attached hydrogens (tertiary/aromatic N) is 8. The molecule has 376 valence electrons. The standard InChI is InChI=1S/C52H56ClN9O8S2/c1-29-10-12-36(40(25-47(64)65)37-23-41-50(44(24-37)68-7)60(6)59-57-41)22-38(29)28-61-27-30(2)70-43-21-34(11-17-45(43)72(61,66)67)9-8-19-69-20-18-54-46(63)26-42-51-58-56-33(5)62(51)52-48(31(3)32(4)71-52)49(55-42)35-13-15-39(53)16-14-35/h10-17,21-24,30,40,42H,8-9,18-20,25-28H2,1-7H3,(H,54,63)(H,64,65)/t30-,40+,42+/m1/s1. The Morgan fingerprint density at radius 1 is 0.986 bits per heavy atom. The van der Waals surface area contributed by atoms with Gasteiger partial charge >= 0.3 is 5.97 Å². The minimum absolute atomic E-state index is 0.0546. The number of thiophene rings is 1. The van der Waals surface area contributed by atoms with Crippen molar-refractivity contribution in [1.82, 2.24) is 39.4 Å². The fraction of sp³-hybridized carbons (Fsp3) is 0.365. The Balaban J connectivity index is 0.811. The van der Waals surface area contributed by atoms with Gasteiger partial charge < -0.3 is 24.6 Å². The molecule has 3 atom stereocenters. The van der Waals surface area contributed by atoms with Crippen LogP contribution in [0.2, 0.25) is 5.02 Å². The van der Waals surface area contributed by atoms with E-state index < -0.39 is 34.1 Å². The van der Waals surface area contributed by atoms with Gasteiger partial charge in [0, 0.05) is 53.7 Å². The maximum atomic E-state index is 14.4. The zero-order chi connectivity index (χ0) is 51.0. The van der Waals surface area contributed by atoms with Gasteiger partial charge in [0.2, 0.25) is 15.9 Å². The number of aryl methyl sites for hydroxylation is 5. The third-order valence-corrected chi connectivity index (χ3v) is 16.6. The summed E-state index contributed by atoms with van der Waals surface area (Å²) in [4.78, 5) is 32.1. The summed E-state index contributed by atoms with van der Waals surface area (Å²) in [6, 6.07) is 21.5. The van der Waals surface area contributed by atoms with Gasteiger partial charge in [0.05, 0.1) is 38.8 Å². The summed E-state index contributed by atoms with van der Waals surface area (Å²) in [6.07, 6.45) is 0.658. The number of carboxylic acid groups (broad SMARTS) is 1. The van der Waals surface area contributed by atoms with Gasteiger partial charge in [-0.1, -0.05) is 53.2 Å². The molecule has 0 unspecified atom stereocenters. The number of halogens is 1. The fourth-order valence-corrected chi connectivity index (χ4v) is 12.4. The first-order valence-electron chi connectivity index (χ1n) is 23.7. The van der Waals surface area contributed by atoms with Crippen molar-refractivity contribution in [1.29, 1.82) is 0 Å². The highest BCUT2D eigenvalue weighted by molar-refractivity contribution is 7.89. The lowest BCUT2D eigenvalue weighted by atomic mass is 9.86. The first-order chi connectivity index (χ1) is 34.5. The number of aliphatic imine (C=N–C) groups is 1. The van der Waals surface area contributed by atoms with Crippen LogP contribution in [0.25, 0.3) is 16.0 Å². The quantitative estimate of drug-likeness (QED) is 0.0830. The average Bonchev–Trinajstić information content (AvgIpc) is 3.97. The lowest BCUT2D eigenvalue weighted by Gasteiger charge is -2.24. The van der Waals surface area contributed by atoms with E-state index in [0.717, 1.165) is 54.8 Å². The number of rotatable bonds is 17.